The van der Waals surface area contributed by atoms with Gasteiger partial charge in [0.25, 0.3) is 0 Å². The van der Waals surface area contributed by atoms with Crippen molar-refractivity contribution in [3.05, 3.63) is 24.3 Å². The Morgan fingerprint density at radius 2 is 0.692 bits per heavy atom. The number of allylic oxidation sites excluding steroid dienone is 3. The lowest BCUT2D eigenvalue weighted by atomic mass is 9.96. The molecule has 0 radical (unpaired) electrons. The Bertz CT molecular complexity index is 1750. The lowest BCUT2D eigenvalue weighted by Gasteiger charge is -2.48. The first-order valence-corrected chi connectivity index (χ1v) is 37.1. The second-order valence-electron chi connectivity index (χ2n) is 26.8. The van der Waals surface area contributed by atoms with Gasteiger partial charge in [0.15, 0.2) is 18.9 Å². The van der Waals surface area contributed by atoms with Crippen molar-refractivity contribution in [2.45, 2.75) is 401 Å². The molecular formula is C72H135NO18. The Hall–Kier alpha value is -1.73. The van der Waals surface area contributed by atoms with Crippen molar-refractivity contribution in [1.82, 2.24) is 5.32 Å². The van der Waals surface area contributed by atoms with Crippen LogP contribution < -0.4 is 5.32 Å². The molecule has 3 saturated heterocycles. The van der Waals surface area contributed by atoms with E-state index < -0.39 is 124 Å². The summed E-state index contributed by atoms with van der Waals surface area (Å²) in [6.07, 6.45) is 35.9. The summed E-state index contributed by atoms with van der Waals surface area (Å²) in [5.74, 6) is -0.276. The maximum Gasteiger partial charge on any atom is 0.220 e. The van der Waals surface area contributed by atoms with E-state index in [1.807, 2.05) is 6.08 Å². The van der Waals surface area contributed by atoms with Crippen molar-refractivity contribution in [3.8, 4) is 0 Å². The molecule has 0 aromatic rings. The molecule has 3 aliphatic rings. The van der Waals surface area contributed by atoms with Crippen LogP contribution in [0.5, 0.6) is 0 Å². The van der Waals surface area contributed by atoms with Gasteiger partial charge in [-0.1, -0.05) is 269 Å². The summed E-state index contributed by atoms with van der Waals surface area (Å²) < 4.78 is 34.4. The van der Waals surface area contributed by atoms with E-state index in [1.165, 1.54) is 212 Å². The van der Waals surface area contributed by atoms with Crippen LogP contribution in [0, 0.1) is 0 Å². The van der Waals surface area contributed by atoms with Gasteiger partial charge in [-0.05, 0) is 44.9 Å². The minimum Gasteiger partial charge on any atom is -0.394 e. The third-order valence-electron chi connectivity index (χ3n) is 18.7. The van der Waals surface area contributed by atoms with Crippen LogP contribution in [0.2, 0.25) is 0 Å². The first kappa shape index (κ1) is 83.5. The predicted molar refractivity (Wildman–Crippen MR) is 356 cm³/mol. The van der Waals surface area contributed by atoms with Gasteiger partial charge < -0.3 is 89.9 Å². The van der Waals surface area contributed by atoms with Crippen LogP contribution in [0.4, 0.5) is 0 Å². The molecule has 1 amide bonds. The molecule has 0 saturated carbocycles. The molecule has 19 heteroatoms. The Kier molecular flexibility index (Phi) is 49.8. The monoisotopic (exact) mass is 1300 g/mol. The molecule has 19 nitrogen and oxygen atoms in total. The van der Waals surface area contributed by atoms with Gasteiger partial charge in [0.2, 0.25) is 5.91 Å². The van der Waals surface area contributed by atoms with E-state index in [0.29, 0.717) is 6.42 Å². The van der Waals surface area contributed by atoms with Crippen molar-refractivity contribution < 1.29 is 89.4 Å². The Morgan fingerprint density at radius 3 is 1.07 bits per heavy atom. The first-order chi connectivity index (χ1) is 44.3. The van der Waals surface area contributed by atoms with Crippen LogP contribution in [-0.4, -0.2) is 193 Å². The Balaban J connectivity index is 1.40. The van der Waals surface area contributed by atoms with Crippen LogP contribution >= 0.6 is 0 Å². The quantitative estimate of drug-likeness (QED) is 0.0199. The fourth-order valence-corrected chi connectivity index (χ4v) is 12.7. The zero-order chi connectivity index (χ0) is 66.1. The molecule has 0 bridgehead atoms. The van der Waals surface area contributed by atoms with Crippen LogP contribution in [0.15, 0.2) is 24.3 Å². The third kappa shape index (κ3) is 35.9. The van der Waals surface area contributed by atoms with E-state index in [4.69, 9.17) is 28.4 Å². The van der Waals surface area contributed by atoms with Crippen LogP contribution in [-0.2, 0) is 33.2 Å². The molecule has 0 spiro atoms. The fourth-order valence-electron chi connectivity index (χ4n) is 12.7. The number of hydrogen-bond donors (Lipinski definition) is 12. The average Bonchev–Trinajstić information content (AvgIpc) is 0.885. The molecule has 17 unspecified atom stereocenters. The number of aliphatic hydroxyl groups excluding tert-OH is 11. The summed E-state index contributed by atoms with van der Waals surface area (Å²) in [5.41, 5.74) is 0. The van der Waals surface area contributed by atoms with E-state index in [2.05, 4.69) is 31.3 Å². The van der Waals surface area contributed by atoms with E-state index in [-0.39, 0.29) is 18.9 Å². The number of carbonyl (C=O) groups is 1. The van der Waals surface area contributed by atoms with E-state index in [9.17, 15) is 61.0 Å². The maximum absolute atomic E-state index is 13.4. The smallest absolute Gasteiger partial charge is 0.220 e. The predicted octanol–water partition coefficient (Wildman–Crippen LogP) is 10.6. The first-order valence-electron chi connectivity index (χ1n) is 37.1. The Labute approximate surface area is 549 Å². The standard InChI is InChI=1S/C72H135NO18/c1-3-5-7-9-11-13-15-17-19-21-22-23-24-25-26-27-28-29-30-31-32-34-35-37-39-41-43-45-47-49-56(77)55(73-60(78)50-48-46-44-42-40-38-36-33-20-18-16-14-12-10-8-6-4-2)54-86-70-66(84)63(81)68(58(52-75)88-70)91-72-67(85)64(82)69(59(53-76)89-72)90-71-65(83)62(80)61(79)57(51-74)87-71/h18,20,47,49,55-59,61-72,74-77,79-85H,3-17,19,21-46,48,50-54H2,1-2H3,(H,73,78)/b20-18-,49-47+. The van der Waals surface area contributed by atoms with Crippen molar-refractivity contribution >= 4 is 5.91 Å². The number of carbonyl (C=O) groups excluding carboxylic acids is 1. The number of aliphatic hydroxyl groups is 11. The molecule has 3 fully saturated rings. The number of amides is 1. The highest BCUT2D eigenvalue weighted by Gasteiger charge is 2.53. The van der Waals surface area contributed by atoms with Gasteiger partial charge in [-0.25, -0.2) is 0 Å². The lowest BCUT2D eigenvalue weighted by Crippen LogP contribution is -2.66. The van der Waals surface area contributed by atoms with E-state index in [0.717, 1.165) is 57.8 Å². The van der Waals surface area contributed by atoms with Gasteiger partial charge in [-0.2, -0.15) is 0 Å². The molecular weight excluding hydrogens is 1170 g/mol. The molecule has 3 heterocycles. The van der Waals surface area contributed by atoms with Crippen LogP contribution in [0.3, 0.4) is 0 Å². The van der Waals surface area contributed by atoms with Crippen LogP contribution in [0.1, 0.15) is 296 Å². The number of nitrogens with one attached hydrogen (secondary N) is 1. The van der Waals surface area contributed by atoms with Gasteiger partial charge >= 0.3 is 0 Å². The van der Waals surface area contributed by atoms with Crippen molar-refractivity contribution in [1.29, 1.82) is 0 Å². The van der Waals surface area contributed by atoms with Crippen molar-refractivity contribution in [2.75, 3.05) is 26.4 Å². The molecule has 536 valence electrons. The molecule has 17 atom stereocenters. The third-order valence-corrected chi connectivity index (χ3v) is 18.7. The summed E-state index contributed by atoms with van der Waals surface area (Å²) in [4.78, 5) is 13.4. The summed E-state index contributed by atoms with van der Waals surface area (Å²) in [6, 6.07) is -0.974. The second kappa shape index (κ2) is 54.3. The molecule has 91 heavy (non-hydrogen) atoms. The highest BCUT2D eigenvalue weighted by molar-refractivity contribution is 5.76. The van der Waals surface area contributed by atoms with Crippen molar-refractivity contribution in [2.24, 2.45) is 0 Å². The number of ether oxygens (including phenoxy) is 6. The summed E-state index contributed by atoms with van der Waals surface area (Å²) in [6.45, 7) is 1.76. The van der Waals surface area contributed by atoms with Crippen molar-refractivity contribution in [3.63, 3.8) is 0 Å². The molecule has 3 rings (SSSR count). The molecule has 12 N–H and O–H groups in total. The Morgan fingerprint density at radius 1 is 0.385 bits per heavy atom. The van der Waals surface area contributed by atoms with Gasteiger partial charge in [0, 0.05) is 6.42 Å². The SMILES string of the molecule is CCCCCCCC/C=C\CCCCCCCCCC(=O)NC(COC1OC(CO)C(OC2OC(CO)C(OC3OC(CO)C(O)C(O)C3O)C(O)C2O)C(O)C1O)C(O)/C=C/CCCCCCCCCCCCCCCCCCCCCCCCCCCCC. The molecule has 0 aromatic heterocycles. The molecule has 0 aromatic carbocycles. The zero-order valence-electron chi connectivity index (χ0n) is 56.8. The lowest BCUT2D eigenvalue weighted by molar-refractivity contribution is -0.379. The van der Waals surface area contributed by atoms with Gasteiger partial charge in [0.05, 0.1) is 38.6 Å². The fraction of sp³-hybridized carbons (Fsp3) is 0.931. The number of unbranched alkanes of at least 4 members (excludes halogenated alkanes) is 40. The summed E-state index contributed by atoms with van der Waals surface area (Å²) in [5, 5.41) is 121. The highest BCUT2D eigenvalue weighted by atomic mass is 16.8. The number of rotatable bonds is 58. The number of hydrogen-bond acceptors (Lipinski definition) is 18. The normalized spacial score (nSPS) is 27.9. The second-order valence-corrected chi connectivity index (χ2v) is 26.8. The summed E-state index contributed by atoms with van der Waals surface area (Å²) in [7, 11) is 0. The largest absolute Gasteiger partial charge is 0.394 e. The van der Waals surface area contributed by atoms with Gasteiger partial charge in [-0.15, -0.1) is 0 Å². The average molecular weight is 1300 g/mol. The topological polar surface area (TPSA) is 307 Å². The minimum absolute atomic E-state index is 0.240. The van der Waals surface area contributed by atoms with E-state index >= 15 is 0 Å². The maximum atomic E-state index is 13.4. The van der Waals surface area contributed by atoms with Gasteiger partial charge in [-0.3, -0.25) is 4.79 Å². The van der Waals surface area contributed by atoms with Crippen LogP contribution in [0.25, 0.3) is 0 Å². The van der Waals surface area contributed by atoms with E-state index in [1.54, 1.807) is 6.08 Å². The highest BCUT2D eigenvalue weighted by Crippen LogP contribution is 2.33. The van der Waals surface area contributed by atoms with Gasteiger partial charge in [0.1, 0.15) is 73.2 Å². The summed E-state index contributed by atoms with van der Waals surface area (Å²) >= 11 is 0. The minimum atomic E-state index is -1.98. The zero-order valence-corrected chi connectivity index (χ0v) is 56.8. The molecule has 0 aliphatic carbocycles. The molecule has 3 aliphatic heterocycles.